The number of ketones is 1. The topological polar surface area (TPSA) is 217 Å². The van der Waals surface area contributed by atoms with E-state index in [1.165, 1.54) is 18.1 Å². The van der Waals surface area contributed by atoms with Gasteiger partial charge >= 0.3 is 18.0 Å². The molecule has 10 atom stereocenters. The third-order valence-corrected chi connectivity index (χ3v) is 21.8. The molecule has 2 aliphatic carbocycles. The molecular formula is C62H85N5O12Si. The number of hydrogen-bond donors (Lipinski definition) is 4. The highest BCUT2D eigenvalue weighted by Gasteiger charge is 2.61. The third kappa shape index (κ3) is 12.9. The summed E-state index contributed by atoms with van der Waals surface area (Å²) >= 11 is 0. The first-order valence-electron chi connectivity index (χ1n) is 28.3. The van der Waals surface area contributed by atoms with Crippen LogP contribution in [0.5, 0.6) is 0 Å². The molecule has 4 aliphatic rings. The lowest BCUT2D eigenvalue weighted by atomic mass is 9.77. The van der Waals surface area contributed by atoms with Crippen LogP contribution in [-0.4, -0.2) is 131 Å². The second-order valence-electron chi connectivity index (χ2n) is 24.9. The number of nitrogens with one attached hydrogen (secondary N) is 4. The van der Waals surface area contributed by atoms with E-state index in [0.717, 1.165) is 33.5 Å². The SMILES string of the molecule is C=CCOC(=O)[C@@H]1C[C@@]2(C)c3ccccc3N[C@H]2C1C(=O)[C@H](NC(=O)[C@H](COC)NC(=O)[C@H]1C[C@@H](O[Si](C)(C)C(C)(C)C)CCN1C(=O)[C@@H](OC(=O)[C@H](NC(=O)OCC1c2ccccc2-c2ccccc21)C(C)C)C(C)C)C(C)C. The third-order valence-electron chi connectivity index (χ3n) is 17.2. The molecule has 18 heteroatoms. The molecular weight excluding hydrogens is 1030 g/mol. The molecule has 4 N–H and O–H groups in total. The number of carbonyl (C=O) groups excluding carboxylic acids is 7. The lowest BCUT2D eigenvalue weighted by Gasteiger charge is -2.45. The summed E-state index contributed by atoms with van der Waals surface area (Å²) in [6.45, 7) is 26.6. The quantitative estimate of drug-likeness (QED) is 0.0322. The van der Waals surface area contributed by atoms with Crippen molar-refractivity contribution in [1.29, 1.82) is 0 Å². The van der Waals surface area contributed by atoms with Gasteiger partial charge in [-0.1, -0.05) is 149 Å². The van der Waals surface area contributed by atoms with Crippen molar-refractivity contribution in [2.75, 3.05) is 38.8 Å². The van der Waals surface area contributed by atoms with Crippen LogP contribution in [0.25, 0.3) is 11.1 Å². The summed E-state index contributed by atoms with van der Waals surface area (Å²) < 4.78 is 29.8. The van der Waals surface area contributed by atoms with E-state index in [-0.39, 0.29) is 49.5 Å². The van der Waals surface area contributed by atoms with Crippen LogP contribution >= 0.6 is 0 Å². The van der Waals surface area contributed by atoms with Crippen molar-refractivity contribution < 1.29 is 56.9 Å². The molecule has 2 aliphatic heterocycles. The molecule has 3 aromatic carbocycles. The molecule has 1 saturated carbocycles. The first-order valence-corrected chi connectivity index (χ1v) is 31.2. The Balaban J connectivity index is 1.09. The van der Waals surface area contributed by atoms with Crippen molar-refractivity contribution in [3.8, 4) is 11.1 Å². The van der Waals surface area contributed by atoms with Crippen LogP contribution in [-0.2, 0) is 57.6 Å². The Morgan fingerprint density at radius 2 is 1.44 bits per heavy atom. The molecule has 434 valence electrons. The summed E-state index contributed by atoms with van der Waals surface area (Å²) in [7, 11) is -1.03. The Hall–Kier alpha value is -6.37. The van der Waals surface area contributed by atoms with Gasteiger partial charge in [-0.25, -0.2) is 9.59 Å². The summed E-state index contributed by atoms with van der Waals surface area (Å²) in [5.41, 5.74) is 5.47. The number of fused-ring (bicyclic) bond motifs is 6. The van der Waals surface area contributed by atoms with Crippen LogP contribution in [0.1, 0.15) is 111 Å². The monoisotopic (exact) mass is 1120 g/mol. The maximum atomic E-state index is 15.1. The second-order valence-corrected chi connectivity index (χ2v) is 29.6. The van der Waals surface area contributed by atoms with Gasteiger partial charge in [0.15, 0.2) is 20.2 Å². The zero-order valence-corrected chi connectivity index (χ0v) is 50.0. The van der Waals surface area contributed by atoms with Gasteiger partial charge in [0.2, 0.25) is 11.8 Å². The minimum absolute atomic E-state index is 0.0252. The highest BCUT2D eigenvalue weighted by atomic mass is 28.4. The normalized spacial score (nSPS) is 22.9. The standard InChI is InChI=1S/C62H85N5O12Si/c1-15-30-76-58(72)43-32-62(11)45-26-20-21-27-46(45)63-54(62)49(43)52(68)50(35(2)3)65-55(69)47(34-75-12)64-56(70)48-31-38(79-80(13,14)61(8,9)10)28-29-67(48)57(71)53(37(6)7)78-59(73)51(36(4)5)66-60(74)77-33-44-41-24-18-16-22-39(41)40-23-17-19-25-42(40)44/h15-27,35-38,43-44,47-51,53-54,63H,1,28-34H2,2-14H3,(H,64,70)(H,65,69)(H,66,74)/t38-,43+,47-,48+,49?,50+,51+,53-,54-,62-/m0/s1. The van der Waals surface area contributed by atoms with Gasteiger partial charge in [-0.05, 0) is 82.6 Å². The minimum Gasteiger partial charge on any atom is -0.461 e. The van der Waals surface area contributed by atoms with Gasteiger partial charge in [0.25, 0.3) is 5.91 Å². The zero-order valence-electron chi connectivity index (χ0n) is 49.0. The fourth-order valence-electron chi connectivity index (χ4n) is 11.9. The van der Waals surface area contributed by atoms with Gasteiger partial charge in [0, 0.05) is 49.2 Å². The molecule has 17 nitrogen and oxygen atoms in total. The van der Waals surface area contributed by atoms with Crippen LogP contribution in [0.3, 0.4) is 0 Å². The van der Waals surface area contributed by atoms with Crippen molar-refractivity contribution in [3.63, 3.8) is 0 Å². The number of alkyl carbamates (subject to hydrolysis) is 1. The van der Waals surface area contributed by atoms with Crippen molar-refractivity contribution in [1.82, 2.24) is 20.9 Å². The lowest BCUT2D eigenvalue weighted by Crippen LogP contribution is -2.62. The van der Waals surface area contributed by atoms with E-state index >= 15 is 9.59 Å². The summed E-state index contributed by atoms with van der Waals surface area (Å²) in [5.74, 6) is -7.19. The van der Waals surface area contributed by atoms with Crippen molar-refractivity contribution in [2.24, 2.45) is 29.6 Å². The average molecular weight is 1120 g/mol. The molecule has 2 fully saturated rings. The lowest BCUT2D eigenvalue weighted by molar-refractivity contribution is -0.169. The van der Waals surface area contributed by atoms with Gasteiger partial charge in [-0.15, -0.1) is 0 Å². The number of amides is 4. The molecule has 0 spiro atoms. The molecule has 1 saturated heterocycles. The smallest absolute Gasteiger partial charge is 0.407 e. The first-order chi connectivity index (χ1) is 37.7. The maximum Gasteiger partial charge on any atom is 0.407 e. The maximum absolute atomic E-state index is 15.1. The predicted molar refractivity (Wildman–Crippen MR) is 308 cm³/mol. The molecule has 0 aromatic heterocycles. The van der Waals surface area contributed by atoms with E-state index in [2.05, 4.69) is 61.7 Å². The van der Waals surface area contributed by atoms with E-state index in [4.69, 9.17) is 23.4 Å². The number of piperidine rings is 1. The highest BCUT2D eigenvalue weighted by Crippen LogP contribution is 2.56. The molecule has 80 heavy (non-hydrogen) atoms. The molecule has 0 bridgehead atoms. The van der Waals surface area contributed by atoms with Crippen molar-refractivity contribution >= 4 is 55.5 Å². The number of para-hydroxylation sites is 1. The molecule has 7 rings (SSSR count). The van der Waals surface area contributed by atoms with E-state index in [1.807, 2.05) is 79.7 Å². The largest absolute Gasteiger partial charge is 0.461 e. The van der Waals surface area contributed by atoms with E-state index in [9.17, 15) is 24.0 Å². The summed E-state index contributed by atoms with van der Waals surface area (Å²) in [6, 6.07) is 18.4. The summed E-state index contributed by atoms with van der Waals surface area (Å²) in [5, 5.41) is 11.9. The van der Waals surface area contributed by atoms with Crippen LogP contribution in [0.2, 0.25) is 18.1 Å². The Morgan fingerprint density at radius 3 is 2.02 bits per heavy atom. The van der Waals surface area contributed by atoms with Gasteiger partial charge in [-0.3, -0.25) is 24.0 Å². The second kappa shape index (κ2) is 25.2. The first kappa shape index (κ1) is 61.3. The average Bonchev–Trinajstić information content (AvgIpc) is 4.21. The Labute approximate surface area is 473 Å². The number of esters is 2. The van der Waals surface area contributed by atoms with Crippen LogP contribution in [0.4, 0.5) is 10.5 Å². The van der Waals surface area contributed by atoms with Crippen LogP contribution < -0.4 is 21.3 Å². The number of hydrogen-bond acceptors (Lipinski definition) is 13. The predicted octanol–water partition coefficient (Wildman–Crippen LogP) is 8.46. The fraction of sp³-hybridized carbons (Fsp3) is 0.565. The van der Waals surface area contributed by atoms with Gasteiger partial charge < -0.3 is 49.5 Å². The number of ether oxygens (including phenoxy) is 4. The number of benzene rings is 3. The van der Waals surface area contributed by atoms with E-state index in [0.29, 0.717) is 12.8 Å². The minimum atomic E-state index is -2.42. The number of methoxy groups -OCH3 is 1. The number of carbonyl (C=O) groups is 7. The summed E-state index contributed by atoms with van der Waals surface area (Å²) in [4.78, 5) is 103. The number of anilines is 1. The number of Topliss-reactive ketones (excluding diaryl/α,β-unsaturated/α-hetero) is 1. The van der Waals surface area contributed by atoms with Crippen molar-refractivity contribution in [3.05, 3.63) is 102 Å². The molecule has 3 aromatic rings. The Bertz CT molecular complexity index is 2750. The molecule has 0 radical (unpaired) electrons. The summed E-state index contributed by atoms with van der Waals surface area (Å²) in [6.07, 6.45) is -0.395. The Kier molecular flexibility index (Phi) is 19.3. The van der Waals surface area contributed by atoms with Crippen molar-refractivity contribution in [2.45, 2.75) is 160 Å². The van der Waals surface area contributed by atoms with E-state index in [1.54, 1.807) is 41.5 Å². The Morgan fingerprint density at radius 1 is 0.825 bits per heavy atom. The van der Waals surface area contributed by atoms with Gasteiger partial charge in [0.1, 0.15) is 31.3 Å². The van der Waals surface area contributed by atoms with Gasteiger partial charge in [-0.2, -0.15) is 0 Å². The molecule has 2 heterocycles. The number of nitrogens with zero attached hydrogens (tertiary/aromatic N) is 1. The molecule has 1 unspecified atom stereocenters. The zero-order chi connectivity index (χ0) is 58.6. The fourth-order valence-corrected chi connectivity index (χ4v) is 13.3. The van der Waals surface area contributed by atoms with Gasteiger partial charge in [0.05, 0.1) is 24.5 Å². The molecule has 4 amide bonds. The van der Waals surface area contributed by atoms with Crippen LogP contribution in [0.15, 0.2) is 85.5 Å². The van der Waals surface area contributed by atoms with Crippen LogP contribution in [0, 0.1) is 29.6 Å². The van der Waals surface area contributed by atoms with E-state index < -0.39 is 121 Å². The number of rotatable bonds is 22. The number of likely N-dealkylation sites (tertiary alicyclic amines) is 1. The highest BCUT2D eigenvalue weighted by molar-refractivity contribution is 6.74.